The molecule has 5 nitrogen and oxygen atoms in total. The first kappa shape index (κ1) is 14.7. The zero-order valence-electron chi connectivity index (χ0n) is 11.4. The number of benzene rings is 1. The fourth-order valence-corrected chi connectivity index (χ4v) is 1.94. The molecule has 0 bridgehead atoms. The highest BCUT2D eigenvalue weighted by Crippen LogP contribution is 2.27. The van der Waals surface area contributed by atoms with Crippen molar-refractivity contribution in [3.63, 3.8) is 0 Å². The van der Waals surface area contributed by atoms with E-state index in [1.807, 2.05) is 0 Å². The standard InChI is InChI=1S/C14H13F2N3O2/c1-7-3-8(2)18-14(12(7)13(17)19-20)21-11-5-9(15)4-10(16)6-11/h3-6,20H,1-2H3,(H2,17,19). The molecule has 0 aliphatic heterocycles. The number of pyridine rings is 1. The van der Waals surface area contributed by atoms with E-state index >= 15 is 0 Å². The second-order valence-electron chi connectivity index (χ2n) is 4.45. The summed E-state index contributed by atoms with van der Waals surface area (Å²) in [6.45, 7) is 3.45. The maximum absolute atomic E-state index is 13.2. The molecule has 2 aromatic rings. The molecule has 7 heteroatoms. The number of rotatable bonds is 3. The summed E-state index contributed by atoms with van der Waals surface area (Å²) in [4.78, 5) is 4.12. The van der Waals surface area contributed by atoms with Crippen molar-refractivity contribution in [3.8, 4) is 11.6 Å². The highest BCUT2D eigenvalue weighted by atomic mass is 19.1. The third-order valence-electron chi connectivity index (χ3n) is 2.73. The lowest BCUT2D eigenvalue weighted by molar-refractivity contribution is 0.318. The summed E-state index contributed by atoms with van der Waals surface area (Å²) >= 11 is 0. The lowest BCUT2D eigenvalue weighted by atomic mass is 10.1. The van der Waals surface area contributed by atoms with Crippen molar-refractivity contribution in [2.75, 3.05) is 0 Å². The Morgan fingerprint density at radius 3 is 2.38 bits per heavy atom. The van der Waals surface area contributed by atoms with Gasteiger partial charge in [0.15, 0.2) is 5.84 Å². The minimum atomic E-state index is -0.778. The first-order chi connectivity index (χ1) is 9.90. The summed E-state index contributed by atoms with van der Waals surface area (Å²) < 4.78 is 31.8. The zero-order valence-corrected chi connectivity index (χ0v) is 11.4. The van der Waals surface area contributed by atoms with Crippen LogP contribution in [-0.4, -0.2) is 16.0 Å². The molecule has 0 saturated heterocycles. The molecule has 0 atom stereocenters. The molecule has 0 saturated carbocycles. The number of amidine groups is 1. The topological polar surface area (TPSA) is 80.7 Å². The molecule has 2 rings (SSSR count). The van der Waals surface area contributed by atoms with Crippen LogP contribution in [0.4, 0.5) is 8.78 Å². The lowest BCUT2D eigenvalue weighted by Crippen LogP contribution is -2.17. The summed E-state index contributed by atoms with van der Waals surface area (Å²) in [5.41, 5.74) is 7.12. The van der Waals surface area contributed by atoms with E-state index in [1.54, 1.807) is 19.9 Å². The Labute approximate surface area is 119 Å². The van der Waals surface area contributed by atoms with Crippen LogP contribution in [0.1, 0.15) is 16.8 Å². The zero-order chi connectivity index (χ0) is 15.6. The quantitative estimate of drug-likeness (QED) is 0.394. The molecule has 0 amide bonds. The van der Waals surface area contributed by atoms with Crippen molar-refractivity contribution in [3.05, 3.63) is 52.7 Å². The van der Waals surface area contributed by atoms with Gasteiger partial charge in [0.05, 0.1) is 5.56 Å². The van der Waals surface area contributed by atoms with Gasteiger partial charge in [0, 0.05) is 23.9 Å². The van der Waals surface area contributed by atoms with Crippen LogP contribution < -0.4 is 10.5 Å². The van der Waals surface area contributed by atoms with Crippen LogP contribution in [0.5, 0.6) is 11.6 Å². The number of aryl methyl sites for hydroxylation is 2. The third kappa shape index (κ3) is 3.25. The van der Waals surface area contributed by atoms with Gasteiger partial charge in [-0.3, -0.25) is 0 Å². The van der Waals surface area contributed by atoms with Crippen LogP contribution in [0.3, 0.4) is 0 Å². The molecular formula is C14H13F2N3O2. The van der Waals surface area contributed by atoms with Crippen LogP contribution in [0, 0.1) is 25.5 Å². The Morgan fingerprint density at radius 2 is 1.81 bits per heavy atom. The Bertz CT molecular complexity index is 697. The summed E-state index contributed by atoms with van der Waals surface area (Å²) in [6, 6.07) is 4.47. The van der Waals surface area contributed by atoms with E-state index in [1.165, 1.54) is 0 Å². The molecule has 0 unspecified atom stereocenters. The predicted octanol–water partition coefficient (Wildman–Crippen LogP) is 2.86. The molecule has 21 heavy (non-hydrogen) atoms. The summed E-state index contributed by atoms with van der Waals surface area (Å²) in [7, 11) is 0. The average molecular weight is 293 g/mol. The molecule has 1 aromatic carbocycles. The van der Waals surface area contributed by atoms with E-state index in [2.05, 4.69) is 10.1 Å². The van der Waals surface area contributed by atoms with Crippen molar-refractivity contribution < 1.29 is 18.7 Å². The fourth-order valence-electron chi connectivity index (χ4n) is 1.94. The number of aromatic nitrogens is 1. The van der Waals surface area contributed by atoms with Crippen LogP contribution >= 0.6 is 0 Å². The smallest absolute Gasteiger partial charge is 0.230 e. The molecule has 1 aromatic heterocycles. The molecule has 3 N–H and O–H groups in total. The molecule has 110 valence electrons. The Balaban J connectivity index is 2.52. The van der Waals surface area contributed by atoms with Gasteiger partial charge in [0.2, 0.25) is 5.88 Å². The van der Waals surface area contributed by atoms with Crippen molar-refractivity contribution in [1.82, 2.24) is 4.98 Å². The molecule has 0 fully saturated rings. The van der Waals surface area contributed by atoms with E-state index in [0.29, 0.717) is 11.3 Å². The normalized spacial score (nSPS) is 11.5. The molecule has 0 aliphatic rings. The number of oxime groups is 1. The fraction of sp³-hybridized carbons (Fsp3) is 0.143. The van der Waals surface area contributed by atoms with Gasteiger partial charge in [-0.15, -0.1) is 0 Å². The van der Waals surface area contributed by atoms with E-state index in [4.69, 9.17) is 15.7 Å². The minimum absolute atomic E-state index is 0.00722. The molecule has 0 radical (unpaired) electrons. The monoisotopic (exact) mass is 293 g/mol. The Kier molecular flexibility index (Phi) is 4.02. The summed E-state index contributed by atoms with van der Waals surface area (Å²) in [5, 5.41) is 11.7. The maximum Gasteiger partial charge on any atom is 0.230 e. The number of hydrogen-bond acceptors (Lipinski definition) is 4. The Hall–Kier alpha value is -2.70. The van der Waals surface area contributed by atoms with Gasteiger partial charge in [-0.25, -0.2) is 13.8 Å². The van der Waals surface area contributed by atoms with Crippen molar-refractivity contribution in [2.24, 2.45) is 10.9 Å². The van der Waals surface area contributed by atoms with E-state index in [0.717, 1.165) is 18.2 Å². The second-order valence-corrected chi connectivity index (χ2v) is 4.45. The third-order valence-corrected chi connectivity index (χ3v) is 2.73. The summed E-state index contributed by atoms with van der Waals surface area (Å²) in [6.07, 6.45) is 0. The van der Waals surface area contributed by atoms with Crippen LogP contribution in [0.2, 0.25) is 0 Å². The maximum atomic E-state index is 13.2. The predicted molar refractivity (Wildman–Crippen MR) is 72.7 cm³/mol. The number of nitrogens with two attached hydrogens (primary N) is 1. The Morgan fingerprint density at radius 1 is 1.19 bits per heavy atom. The summed E-state index contributed by atoms with van der Waals surface area (Å²) in [5.74, 6) is -1.82. The first-order valence-electron chi connectivity index (χ1n) is 6.01. The number of nitrogens with zero attached hydrogens (tertiary/aromatic N) is 2. The van der Waals surface area contributed by atoms with Gasteiger partial charge < -0.3 is 15.7 Å². The second kappa shape index (κ2) is 5.74. The van der Waals surface area contributed by atoms with Gasteiger partial charge in [0.25, 0.3) is 0 Å². The molecule has 0 aliphatic carbocycles. The van der Waals surface area contributed by atoms with Gasteiger partial charge in [-0.1, -0.05) is 5.16 Å². The highest BCUT2D eigenvalue weighted by molar-refractivity contribution is 6.00. The average Bonchev–Trinajstić information content (AvgIpc) is 2.36. The van der Waals surface area contributed by atoms with E-state index < -0.39 is 11.6 Å². The van der Waals surface area contributed by atoms with Crippen molar-refractivity contribution >= 4 is 5.84 Å². The van der Waals surface area contributed by atoms with Gasteiger partial charge in [-0.2, -0.15) is 0 Å². The number of hydrogen-bond donors (Lipinski definition) is 2. The van der Waals surface area contributed by atoms with Gasteiger partial charge >= 0.3 is 0 Å². The molecule has 1 heterocycles. The van der Waals surface area contributed by atoms with E-state index in [9.17, 15) is 8.78 Å². The number of ether oxygens (including phenoxy) is 1. The minimum Gasteiger partial charge on any atom is -0.438 e. The van der Waals surface area contributed by atoms with Crippen LogP contribution in [-0.2, 0) is 0 Å². The largest absolute Gasteiger partial charge is 0.438 e. The first-order valence-corrected chi connectivity index (χ1v) is 6.01. The van der Waals surface area contributed by atoms with Crippen LogP contribution in [0.25, 0.3) is 0 Å². The SMILES string of the molecule is Cc1cc(C)c(C(N)=NO)c(Oc2cc(F)cc(F)c2)n1. The van der Waals surface area contributed by atoms with Gasteiger partial charge in [-0.05, 0) is 25.5 Å². The lowest BCUT2D eigenvalue weighted by Gasteiger charge is -2.12. The van der Waals surface area contributed by atoms with Crippen molar-refractivity contribution in [2.45, 2.75) is 13.8 Å². The van der Waals surface area contributed by atoms with Crippen LogP contribution in [0.15, 0.2) is 29.4 Å². The molecular weight excluding hydrogens is 280 g/mol. The van der Waals surface area contributed by atoms with Gasteiger partial charge in [0.1, 0.15) is 17.4 Å². The molecule has 0 spiro atoms. The number of halogens is 2. The highest BCUT2D eigenvalue weighted by Gasteiger charge is 2.16. The van der Waals surface area contributed by atoms with E-state index in [-0.39, 0.29) is 23.0 Å². The van der Waals surface area contributed by atoms with Crippen molar-refractivity contribution in [1.29, 1.82) is 0 Å².